The van der Waals surface area contributed by atoms with Gasteiger partial charge in [0.2, 0.25) is 10.0 Å². The molecule has 1 atom stereocenters. The van der Waals surface area contributed by atoms with Crippen LogP contribution in [0.25, 0.3) is 0 Å². The van der Waals surface area contributed by atoms with E-state index in [2.05, 4.69) is 0 Å². The molecule has 1 aliphatic rings. The minimum absolute atomic E-state index is 0.157. The first kappa shape index (κ1) is 15.3. The Labute approximate surface area is 120 Å². The number of morpholine rings is 1. The number of anilines is 1. The molecule has 112 valence electrons. The van der Waals surface area contributed by atoms with Crippen molar-refractivity contribution < 1.29 is 13.2 Å². The van der Waals surface area contributed by atoms with Crippen LogP contribution in [0.5, 0.6) is 0 Å². The molecule has 1 heterocycles. The van der Waals surface area contributed by atoms with E-state index in [9.17, 15) is 8.42 Å². The van der Waals surface area contributed by atoms with Gasteiger partial charge in [-0.2, -0.15) is 4.31 Å². The molecule has 0 spiro atoms. The monoisotopic (exact) mass is 298 g/mol. The van der Waals surface area contributed by atoms with Crippen LogP contribution in [0.2, 0.25) is 0 Å². The van der Waals surface area contributed by atoms with Gasteiger partial charge < -0.3 is 10.5 Å². The summed E-state index contributed by atoms with van der Waals surface area (Å²) in [5, 5.41) is 0. The minimum atomic E-state index is -3.54. The molecular weight excluding hydrogens is 276 g/mol. The standard InChI is InChI=1S/C14H22N2O3S/c1-9-7-10(2)14(12(4)13(9)15)20(17,18)16-5-6-19-8-11(16)3/h7,11H,5-6,8,15H2,1-4H3. The maximum Gasteiger partial charge on any atom is 0.244 e. The van der Waals surface area contributed by atoms with Crippen molar-refractivity contribution in [2.75, 3.05) is 25.5 Å². The number of ether oxygens (including phenoxy) is 1. The van der Waals surface area contributed by atoms with Crippen molar-refractivity contribution in [3.63, 3.8) is 0 Å². The van der Waals surface area contributed by atoms with Gasteiger partial charge in [0, 0.05) is 18.3 Å². The van der Waals surface area contributed by atoms with Crippen LogP contribution in [0, 0.1) is 20.8 Å². The van der Waals surface area contributed by atoms with E-state index in [0.717, 1.165) is 11.1 Å². The number of hydrogen-bond donors (Lipinski definition) is 1. The Kier molecular flexibility index (Phi) is 4.09. The van der Waals surface area contributed by atoms with Gasteiger partial charge in [0.1, 0.15) is 0 Å². The average Bonchev–Trinajstić information content (AvgIpc) is 2.36. The molecule has 1 aromatic rings. The third kappa shape index (κ3) is 2.43. The highest BCUT2D eigenvalue weighted by Crippen LogP contribution is 2.31. The number of sulfonamides is 1. The number of aryl methyl sites for hydroxylation is 2. The molecule has 0 aromatic heterocycles. The zero-order valence-electron chi connectivity index (χ0n) is 12.4. The predicted octanol–water partition coefficient (Wildman–Crippen LogP) is 1.60. The van der Waals surface area contributed by atoms with Gasteiger partial charge in [-0.25, -0.2) is 8.42 Å². The van der Waals surface area contributed by atoms with Crippen molar-refractivity contribution in [1.29, 1.82) is 0 Å². The number of rotatable bonds is 2. The van der Waals surface area contributed by atoms with E-state index < -0.39 is 10.0 Å². The summed E-state index contributed by atoms with van der Waals surface area (Å²) in [7, 11) is -3.54. The molecule has 0 radical (unpaired) electrons. The third-order valence-electron chi connectivity index (χ3n) is 3.83. The molecule has 0 bridgehead atoms. The second-order valence-electron chi connectivity index (χ2n) is 5.42. The summed E-state index contributed by atoms with van der Waals surface area (Å²) in [6.45, 7) is 8.59. The van der Waals surface area contributed by atoms with E-state index in [-0.39, 0.29) is 6.04 Å². The summed E-state index contributed by atoms with van der Waals surface area (Å²) in [6.07, 6.45) is 0. The molecule has 1 saturated heterocycles. The summed E-state index contributed by atoms with van der Waals surface area (Å²) in [4.78, 5) is 0.342. The molecule has 2 rings (SSSR count). The molecule has 6 heteroatoms. The number of hydrogen-bond acceptors (Lipinski definition) is 4. The smallest absolute Gasteiger partial charge is 0.244 e. The largest absolute Gasteiger partial charge is 0.398 e. The first-order valence-corrected chi connectivity index (χ1v) is 8.16. The van der Waals surface area contributed by atoms with Gasteiger partial charge >= 0.3 is 0 Å². The molecule has 2 N–H and O–H groups in total. The van der Waals surface area contributed by atoms with Crippen molar-refractivity contribution in [2.24, 2.45) is 0 Å². The molecule has 20 heavy (non-hydrogen) atoms. The quantitative estimate of drug-likeness (QED) is 0.842. The fourth-order valence-corrected chi connectivity index (χ4v) is 4.81. The van der Waals surface area contributed by atoms with Crippen LogP contribution < -0.4 is 5.73 Å². The Bertz CT molecular complexity index is 626. The molecule has 0 amide bonds. The number of nitrogens with two attached hydrogens (primary N) is 1. The first-order valence-electron chi connectivity index (χ1n) is 6.72. The van der Waals surface area contributed by atoms with Gasteiger partial charge in [-0.05, 0) is 44.4 Å². The van der Waals surface area contributed by atoms with E-state index in [1.54, 1.807) is 6.92 Å². The maximum atomic E-state index is 12.9. The Morgan fingerprint density at radius 1 is 1.30 bits per heavy atom. The summed E-state index contributed by atoms with van der Waals surface area (Å²) < 4.78 is 32.7. The molecule has 0 saturated carbocycles. The second kappa shape index (κ2) is 5.35. The lowest BCUT2D eigenvalue weighted by molar-refractivity contribution is 0.0392. The molecule has 1 aliphatic heterocycles. The predicted molar refractivity (Wildman–Crippen MR) is 79.2 cm³/mol. The number of nitrogens with zero attached hydrogens (tertiary/aromatic N) is 1. The zero-order chi connectivity index (χ0) is 15.1. The maximum absolute atomic E-state index is 12.9. The van der Waals surface area contributed by atoms with Crippen molar-refractivity contribution in [1.82, 2.24) is 4.31 Å². The van der Waals surface area contributed by atoms with Crippen molar-refractivity contribution in [2.45, 2.75) is 38.6 Å². The van der Waals surface area contributed by atoms with Gasteiger partial charge in [0.15, 0.2) is 0 Å². The normalized spacial score (nSPS) is 21.1. The Hall–Kier alpha value is -1.11. The van der Waals surface area contributed by atoms with Gasteiger partial charge in [-0.1, -0.05) is 6.07 Å². The van der Waals surface area contributed by atoms with Crippen LogP contribution in [0.3, 0.4) is 0 Å². The van der Waals surface area contributed by atoms with E-state index in [4.69, 9.17) is 10.5 Å². The van der Waals surface area contributed by atoms with Gasteiger partial charge in [-0.3, -0.25) is 0 Å². The molecule has 5 nitrogen and oxygen atoms in total. The Morgan fingerprint density at radius 2 is 1.95 bits per heavy atom. The molecule has 0 aliphatic carbocycles. The van der Waals surface area contributed by atoms with Gasteiger partial charge in [0.25, 0.3) is 0 Å². The fourth-order valence-electron chi connectivity index (χ4n) is 2.77. The third-order valence-corrected chi connectivity index (χ3v) is 6.14. The lowest BCUT2D eigenvalue weighted by Crippen LogP contribution is -2.47. The van der Waals surface area contributed by atoms with Crippen LogP contribution in [-0.2, 0) is 14.8 Å². The van der Waals surface area contributed by atoms with Crippen LogP contribution in [-0.4, -0.2) is 38.5 Å². The Morgan fingerprint density at radius 3 is 2.55 bits per heavy atom. The highest BCUT2D eigenvalue weighted by molar-refractivity contribution is 7.89. The van der Waals surface area contributed by atoms with E-state index in [1.807, 2.05) is 26.8 Å². The second-order valence-corrected chi connectivity index (χ2v) is 7.25. The minimum Gasteiger partial charge on any atom is -0.398 e. The van der Waals surface area contributed by atoms with Crippen molar-refractivity contribution in [3.8, 4) is 0 Å². The molecule has 1 unspecified atom stereocenters. The van der Waals surface area contributed by atoms with Crippen LogP contribution in [0.4, 0.5) is 5.69 Å². The van der Waals surface area contributed by atoms with E-state index in [1.165, 1.54) is 4.31 Å². The highest BCUT2D eigenvalue weighted by Gasteiger charge is 2.34. The SMILES string of the molecule is Cc1cc(C)c(S(=O)(=O)N2CCOCC2C)c(C)c1N. The van der Waals surface area contributed by atoms with Crippen molar-refractivity contribution >= 4 is 15.7 Å². The average molecular weight is 298 g/mol. The summed E-state index contributed by atoms with van der Waals surface area (Å²) in [6, 6.07) is 1.68. The summed E-state index contributed by atoms with van der Waals surface area (Å²) >= 11 is 0. The first-order chi connectivity index (χ1) is 9.26. The molecular formula is C14H22N2O3S. The van der Waals surface area contributed by atoms with Crippen LogP contribution >= 0.6 is 0 Å². The topological polar surface area (TPSA) is 72.6 Å². The van der Waals surface area contributed by atoms with Gasteiger partial charge in [0.05, 0.1) is 18.1 Å². The number of benzene rings is 1. The lowest BCUT2D eigenvalue weighted by Gasteiger charge is -2.33. The van der Waals surface area contributed by atoms with E-state index in [0.29, 0.717) is 35.9 Å². The van der Waals surface area contributed by atoms with Crippen LogP contribution in [0.1, 0.15) is 23.6 Å². The summed E-state index contributed by atoms with van der Waals surface area (Å²) in [5.41, 5.74) is 8.85. The fraction of sp³-hybridized carbons (Fsp3) is 0.571. The van der Waals surface area contributed by atoms with Crippen molar-refractivity contribution in [3.05, 3.63) is 22.8 Å². The zero-order valence-corrected chi connectivity index (χ0v) is 13.3. The highest BCUT2D eigenvalue weighted by atomic mass is 32.2. The lowest BCUT2D eigenvalue weighted by atomic mass is 10.1. The molecule has 1 fully saturated rings. The molecule has 1 aromatic carbocycles. The van der Waals surface area contributed by atoms with Gasteiger partial charge in [-0.15, -0.1) is 0 Å². The summed E-state index contributed by atoms with van der Waals surface area (Å²) in [5.74, 6) is 0. The van der Waals surface area contributed by atoms with Crippen LogP contribution in [0.15, 0.2) is 11.0 Å². The number of nitrogen functional groups attached to an aromatic ring is 1. The van der Waals surface area contributed by atoms with E-state index >= 15 is 0 Å². The Balaban J connectivity index is 2.58.